The largest absolute Gasteiger partial charge is 0.479 e. The highest BCUT2D eigenvalue weighted by Crippen LogP contribution is 2.36. The molecule has 3 heterocycles. The van der Waals surface area contributed by atoms with E-state index < -0.39 is 23.6 Å². The van der Waals surface area contributed by atoms with Gasteiger partial charge in [0.1, 0.15) is 23.6 Å². The van der Waals surface area contributed by atoms with Crippen LogP contribution in [0.25, 0.3) is 11.0 Å². The lowest BCUT2D eigenvalue weighted by atomic mass is 10.0. The molecule has 11 heteroatoms. The van der Waals surface area contributed by atoms with E-state index in [9.17, 15) is 17.6 Å². The predicted octanol–water partition coefficient (Wildman–Crippen LogP) is 4.89. The molecule has 35 heavy (non-hydrogen) atoms. The number of hydrogen-bond acceptors (Lipinski definition) is 7. The Kier molecular flexibility index (Phi) is 6.98. The first-order valence-electron chi connectivity index (χ1n) is 11.4. The molecule has 1 aromatic carbocycles. The van der Waals surface area contributed by atoms with Crippen molar-refractivity contribution in [2.45, 2.75) is 39.0 Å². The Morgan fingerprint density at radius 3 is 2.40 bits per heavy atom. The van der Waals surface area contributed by atoms with Gasteiger partial charge in [0.2, 0.25) is 5.88 Å². The van der Waals surface area contributed by atoms with Gasteiger partial charge in [-0.1, -0.05) is 12.1 Å². The van der Waals surface area contributed by atoms with Gasteiger partial charge in [0, 0.05) is 37.8 Å². The summed E-state index contributed by atoms with van der Waals surface area (Å²) in [4.78, 5) is 17.6. The molecule has 1 aliphatic rings. The molecule has 1 N–H and O–H groups in total. The number of fused-ring (bicyclic) bond motifs is 1. The normalized spacial score (nSPS) is 16.1. The van der Waals surface area contributed by atoms with Gasteiger partial charge in [0.05, 0.1) is 24.1 Å². The van der Waals surface area contributed by atoms with Crippen LogP contribution in [0.3, 0.4) is 0 Å². The molecule has 1 saturated heterocycles. The van der Waals surface area contributed by atoms with Crippen molar-refractivity contribution in [3.63, 3.8) is 0 Å². The molecule has 0 aliphatic carbocycles. The molecule has 1 atom stereocenters. The van der Waals surface area contributed by atoms with E-state index in [0.29, 0.717) is 28.8 Å². The third-order valence-corrected chi connectivity index (χ3v) is 6.30. The zero-order chi connectivity index (χ0) is 25.3. The number of methoxy groups -OCH3 is 1. The highest BCUT2D eigenvalue weighted by atomic mass is 19.4. The first-order chi connectivity index (χ1) is 16.6. The van der Waals surface area contributed by atoms with E-state index in [4.69, 9.17) is 4.74 Å². The Balaban J connectivity index is 1.67. The molecule has 7 nitrogen and oxygen atoms in total. The molecular formula is C24H28F4N6O. The van der Waals surface area contributed by atoms with Crippen LogP contribution in [0.2, 0.25) is 0 Å². The van der Waals surface area contributed by atoms with Crippen LogP contribution in [0.1, 0.15) is 37.9 Å². The van der Waals surface area contributed by atoms with Gasteiger partial charge in [-0.3, -0.25) is 4.90 Å². The van der Waals surface area contributed by atoms with Gasteiger partial charge < -0.3 is 15.0 Å². The number of pyridine rings is 1. The third-order valence-electron chi connectivity index (χ3n) is 6.30. The van der Waals surface area contributed by atoms with Gasteiger partial charge in [-0.15, -0.1) is 0 Å². The third kappa shape index (κ3) is 5.09. The van der Waals surface area contributed by atoms with Crippen LogP contribution in [0.15, 0.2) is 30.6 Å². The Labute approximate surface area is 201 Å². The fourth-order valence-corrected chi connectivity index (χ4v) is 4.32. The summed E-state index contributed by atoms with van der Waals surface area (Å²) in [6.07, 6.45) is -3.48. The molecule has 1 fully saturated rings. The van der Waals surface area contributed by atoms with E-state index in [1.54, 1.807) is 14.0 Å². The molecule has 0 amide bonds. The fourth-order valence-electron chi connectivity index (χ4n) is 4.32. The summed E-state index contributed by atoms with van der Waals surface area (Å²) >= 11 is 0. The lowest BCUT2D eigenvalue weighted by molar-refractivity contribution is -0.140. The van der Waals surface area contributed by atoms with Crippen LogP contribution >= 0.6 is 0 Å². The minimum atomic E-state index is -4.78. The summed E-state index contributed by atoms with van der Waals surface area (Å²) in [5, 5.41) is 3.61. The number of ether oxygens (including phenoxy) is 1. The molecule has 1 aliphatic heterocycles. The van der Waals surface area contributed by atoms with Gasteiger partial charge in [0.25, 0.3) is 0 Å². The summed E-state index contributed by atoms with van der Waals surface area (Å²) in [6.45, 7) is 9.25. The van der Waals surface area contributed by atoms with Crippen molar-refractivity contribution in [3.05, 3.63) is 47.5 Å². The van der Waals surface area contributed by atoms with Crippen LogP contribution in [0.5, 0.6) is 5.88 Å². The second kappa shape index (κ2) is 9.80. The number of alkyl halides is 3. The average molecular weight is 493 g/mol. The molecule has 4 rings (SSSR count). The number of piperazine rings is 1. The van der Waals surface area contributed by atoms with Crippen LogP contribution < -0.4 is 15.0 Å². The second-order valence-corrected chi connectivity index (χ2v) is 8.80. The number of nitrogens with zero attached hydrogens (tertiary/aromatic N) is 5. The Hall–Kier alpha value is -3.21. The number of benzene rings is 1. The molecule has 0 radical (unpaired) electrons. The summed E-state index contributed by atoms with van der Waals surface area (Å²) in [5.41, 5.74) is -0.275. The minimum absolute atomic E-state index is 0.113. The van der Waals surface area contributed by atoms with E-state index in [2.05, 4.69) is 43.9 Å². The van der Waals surface area contributed by atoms with Gasteiger partial charge in [-0.2, -0.15) is 18.2 Å². The summed E-state index contributed by atoms with van der Waals surface area (Å²) in [5.74, 6) is -0.532. The van der Waals surface area contributed by atoms with Gasteiger partial charge >= 0.3 is 6.18 Å². The lowest BCUT2D eigenvalue weighted by Gasteiger charge is -2.38. The number of anilines is 2. The molecule has 0 saturated carbocycles. The summed E-state index contributed by atoms with van der Waals surface area (Å²) in [6, 6.07) is 4.77. The van der Waals surface area contributed by atoms with Crippen LogP contribution in [-0.2, 0) is 6.18 Å². The Morgan fingerprint density at radius 2 is 1.77 bits per heavy atom. The number of halogens is 4. The van der Waals surface area contributed by atoms with Gasteiger partial charge in [-0.25, -0.2) is 14.4 Å². The highest BCUT2D eigenvalue weighted by Gasteiger charge is 2.35. The Bertz CT molecular complexity index is 1190. The van der Waals surface area contributed by atoms with Gasteiger partial charge in [0.15, 0.2) is 5.65 Å². The number of rotatable bonds is 6. The topological polar surface area (TPSA) is 66.4 Å². The van der Waals surface area contributed by atoms with Crippen LogP contribution in [0, 0.1) is 5.82 Å². The first-order valence-corrected chi connectivity index (χ1v) is 11.4. The maximum Gasteiger partial charge on any atom is 0.419 e. The number of hydrogen-bond donors (Lipinski definition) is 1. The van der Waals surface area contributed by atoms with Crippen molar-refractivity contribution < 1.29 is 22.3 Å². The van der Waals surface area contributed by atoms with E-state index in [1.165, 1.54) is 18.5 Å². The predicted molar refractivity (Wildman–Crippen MR) is 126 cm³/mol. The SMILES string of the molecule is COc1nc2ncnc(N[C@H](C)c3cccc(C(F)(F)F)c3F)c2cc1N1CCN(C(C)C)CC1. The standard InChI is InChI=1S/C24H28F4N6O/c1-14(2)33-8-10-34(11-9-33)19-12-17-21(29-13-30-22(17)32-23(19)35-4)31-15(3)16-6-5-7-18(20(16)25)24(26,27)28/h5-7,12-15H,8-11H2,1-4H3,(H,29,30,31,32)/t15-/m1/s1. The van der Waals surface area contributed by atoms with Crippen molar-refractivity contribution in [2.75, 3.05) is 43.5 Å². The molecular weight excluding hydrogens is 464 g/mol. The molecule has 0 bridgehead atoms. The van der Waals surface area contributed by atoms with E-state index in [0.717, 1.165) is 37.9 Å². The zero-order valence-corrected chi connectivity index (χ0v) is 20.0. The van der Waals surface area contributed by atoms with Gasteiger partial charge in [-0.05, 0) is 32.9 Å². The number of aromatic nitrogens is 3. The van der Waals surface area contributed by atoms with Crippen molar-refractivity contribution in [1.29, 1.82) is 0 Å². The maximum absolute atomic E-state index is 14.7. The second-order valence-electron chi connectivity index (χ2n) is 8.80. The van der Waals surface area contributed by atoms with Crippen molar-refractivity contribution >= 4 is 22.5 Å². The van der Waals surface area contributed by atoms with E-state index in [-0.39, 0.29) is 5.56 Å². The van der Waals surface area contributed by atoms with Crippen molar-refractivity contribution in [2.24, 2.45) is 0 Å². The molecule has 188 valence electrons. The van der Waals surface area contributed by atoms with E-state index in [1.807, 2.05) is 6.07 Å². The minimum Gasteiger partial charge on any atom is -0.479 e. The molecule has 2 aromatic heterocycles. The molecule has 3 aromatic rings. The van der Waals surface area contributed by atoms with Crippen molar-refractivity contribution in [3.8, 4) is 5.88 Å². The number of nitrogens with one attached hydrogen (secondary N) is 1. The summed E-state index contributed by atoms with van der Waals surface area (Å²) in [7, 11) is 1.54. The molecule has 0 spiro atoms. The average Bonchev–Trinajstić information content (AvgIpc) is 2.82. The monoisotopic (exact) mass is 492 g/mol. The van der Waals surface area contributed by atoms with Crippen molar-refractivity contribution in [1.82, 2.24) is 19.9 Å². The van der Waals surface area contributed by atoms with Crippen LogP contribution in [0.4, 0.5) is 29.1 Å². The maximum atomic E-state index is 14.7. The first kappa shape index (κ1) is 24.9. The lowest BCUT2D eigenvalue weighted by Crippen LogP contribution is -2.49. The smallest absolute Gasteiger partial charge is 0.419 e. The molecule has 0 unspecified atom stereocenters. The van der Waals surface area contributed by atoms with E-state index >= 15 is 0 Å². The highest BCUT2D eigenvalue weighted by molar-refractivity contribution is 5.90. The quantitative estimate of drug-likeness (QED) is 0.491. The van der Waals surface area contributed by atoms with Crippen LogP contribution in [-0.4, -0.2) is 59.2 Å². The zero-order valence-electron chi connectivity index (χ0n) is 20.0. The summed E-state index contributed by atoms with van der Waals surface area (Å²) < 4.78 is 59.8. The fraction of sp³-hybridized carbons (Fsp3) is 0.458. The Morgan fingerprint density at radius 1 is 1.06 bits per heavy atom.